The lowest BCUT2D eigenvalue weighted by molar-refractivity contribution is -0.117. The lowest BCUT2D eigenvalue weighted by atomic mass is 10.1. The molecule has 1 fully saturated rings. The number of anilines is 4. The fourth-order valence-corrected chi connectivity index (χ4v) is 3.30. The van der Waals surface area contributed by atoms with E-state index in [9.17, 15) is 14.4 Å². The summed E-state index contributed by atoms with van der Waals surface area (Å²) in [5, 5.41) is 8.69. The molecule has 7 nitrogen and oxygen atoms in total. The number of halogens is 1. The van der Waals surface area contributed by atoms with E-state index >= 15 is 0 Å². The third-order valence-corrected chi connectivity index (χ3v) is 5.37. The molecule has 3 aromatic carbocycles. The van der Waals surface area contributed by atoms with E-state index in [1.54, 1.807) is 66.7 Å². The van der Waals surface area contributed by atoms with Gasteiger partial charge >= 0.3 is 0 Å². The number of nitrogens with two attached hydrogens (primary N) is 1. The van der Waals surface area contributed by atoms with Crippen molar-refractivity contribution < 1.29 is 14.4 Å². The first-order chi connectivity index (χ1) is 15.4. The predicted molar refractivity (Wildman–Crippen MR) is 126 cm³/mol. The summed E-state index contributed by atoms with van der Waals surface area (Å²) in [5.41, 5.74) is 8.60. The molecular weight excluding hydrogens is 428 g/mol. The minimum absolute atomic E-state index is 0.0264. The van der Waals surface area contributed by atoms with Crippen molar-refractivity contribution in [1.29, 1.82) is 0 Å². The van der Waals surface area contributed by atoms with Crippen LogP contribution in [0.1, 0.15) is 33.6 Å². The van der Waals surface area contributed by atoms with Gasteiger partial charge in [-0.15, -0.1) is 0 Å². The highest BCUT2D eigenvalue weighted by molar-refractivity contribution is 6.34. The van der Waals surface area contributed by atoms with E-state index in [0.29, 0.717) is 38.9 Å². The Labute approximate surface area is 190 Å². The molecule has 1 aliphatic carbocycles. The molecule has 4 rings (SSSR count). The molecule has 0 spiro atoms. The first-order valence-electron chi connectivity index (χ1n) is 10.1. The second-order valence-electron chi connectivity index (χ2n) is 7.53. The topological polar surface area (TPSA) is 113 Å². The Balaban J connectivity index is 1.41. The molecule has 1 saturated carbocycles. The molecule has 8 heteroatoms. The maximum Gasteiger partial charge on any atom is 0.257 e. The van der Waals surface area contributed by atoms with Gasteiger partial charge in [-0.1, -0.05) is 23.7 Å². The van der Waals surface area contributed by atoms with E-state index < -0.39 is 0 Å². The quantitative estimate of drug-likeness (QED) is 0.406. The predicted octanol–water partition coefficient (Wildman–Crippen LogP) is 4.78. The highest BCUT2D eigenvalue weighted by Crippen LogP contribution is 2.31. The van der Waals surface area contributed by atoms with Crippen LogP contribution in [-0.2, 0) is 4.79 Å². The van der Waals surface area contributed by atoms with Crippen molar-refractivity contribution in [2.24, 2.45) is 5.92 Å². The van der Waals surface area contributed by atoms with Gasteiger partial charge in [-0.3, -0.25) is 14.4 Å². The van der Waals surface area contributed by atoms with E-state index in [-0.39, 0.29) is 23.6 Å². The maximum absolute atomic E-state index is 12.7. The molecule has 0 radical (unpaired) electrons. The van der Waals surface area contributed by atoms with Crippen molar-refractivity contribution in [2.45, 2.75) is 12.8 Å². The van der Waals surface area contributed by atoms with Crippen molar-refractivity contribution in [3.63, 3.8) is 0 Å². The molecule has 3 aromatic rings. The zero-order valence-corrected chi connectivity index (χ0v) is 17.8. The van der Waals surface area contributed by atoms with Crippen LogP contribution in [0.4, 0.5) is 22.7 Å². The highest BCUT2D eigenvalue weighted by Gasteiger charge is 2.29. The molecule has 3 amide bonds. The average molecular weight is 449 g/mol. The number of hydrogen-bond acceptors (Lipinski definition) is 4. The minimum Gasteiger partial charge on any atom is -0.397 e. The number of rotatable bonds is 6. The van der Waals surface area contributed by atoms with Crippen molar-refractivity contribution >= 4 is 52.1 Å². The van der Waals surface area contributed by atoms with Crippen LogP contribution in [0, 0.1) is 5.92 Å². The van der Waals surface area contributed by atoms with E-state index in [4.69, 9.17) is 17.3 Å². The van der Waals surface area contributed by atoms with Gasteiger partial charge in [0.25, 0.3) is 11.8 Å². The summed E-state index contributed by atoms with van der Waals surface area (Å²) in [7, 11) is 0. The Morgan fingerprint density at radius 2 is 1.50 bits per heavy atom. The second-order valence-corrected chi connectivity index (χ2v) is 7.94. The van der Waals surface area contributed by atoms with Crippen molar-refractivity contribution in [1.82, 2.24) is 0 Å². The molecule has 0 heterocycles. The first-order valence-corrected chi connectivity index (χ1v) is 10.5. The molecule has 32 heavy (non-hydrogen) atoms. The Kier molecular flexibility index (Phi) is 6.09. The first kappa shape index (κ1) is 21.4. The average Bonchev–Trinajstić information content (AvgIpc) is 3.62. The Morgan fingerprint density at radius 1 is 0.812 bits per heavy atom. The Bertz CT molecular complexity index is 1190. The molecule has 0 aromatic heterocycles. The summed E-state index contributed by atoms with van der Waals surface area (Å²) >= 11 is 6.05. The van der Waals surface area contributed by atoms with Crippen molar-refractivity contribution in [3.8, 4) is 0 Å². The normalized spacial score (nSPS) is 12.7. The van der Waals surface area contributed by atoms with Crippen LogP contribution in [0.5, 0.6) is 0 Å². The van der Waals surface area contributed by atoms with Gasteiger partial charge < -0.3 is 21.7 Å². The van der Waals surface area contributed by atoms with Crippen LogP contribution >= 0.6 is 11.6 Å². The van der Waals surface area contributed by atoms with Gasteiger partial charge in [0.2, 0.25) is 5.91 Å². The summed E-state index contributed by atoms with van der Waals surface area (Å²) in [6.07, 6.45) is 1.80. The number of amides is 3. The van der Waals surface area contributed by atoms with Crippen LogP contribution in [0.25, 0.3) is 0 Å². The largest absolute Gasteiger partial charge is 0.397 e. The molecule has 0 saturated heterocycles. The van der Waals surface area contributed by atoms with Gasteiger partial charge in [-0.25, -0.2) is 0 Å². The van der Waals surface area contributed by atoms with E-state index in [1.165, 1.54) is 0 Å². The number of carbonyl (C=O) groups excluding carboxylic acids is 3. The zero-order valence-electron chi connectivity index (χ0n) is 17.0. The molecule has 162 valence electrons. The lowest BCUT2D eigenvalue weighted by Gasteiger charge is -2.12. The number of carbonyl (C=O) groups is 3. The standard InChI is InChI=1S/C24H21ClN4O3/c25-19-4-2-1-3-18(19)24(32)27-16-9-7-15(8-10-16)23(31)29-21-13-17(11-12-20(21)26)28-22(30)14-5-6-14/h1-4,7-14H,5-6,26H2,(H,27,32)(H,28,30)(H,29,31). The minimum atomic E-state index is -0.369. The number of benzene rings is 3. The number of nitrogen functional groups attached to an aromatic ring is 1. The van der Waals surface area contributed by atoms with Gasteiger partial charge in [0.05, 0.1) is 22.0 Å². The van der Waals surface area contributed by atoms with Gasteiger partial charge in [-0.2, -0.15) is 0 Å². The van der Waals surface area contributed by atoms with Crippen molar-refractivity contribution in [2.75, 3.05) is 21.7 Å². The molecule has 5 N–H and O–H groups in total. The molecule has 0 unspecified atom stereocenters. The zero-order chi connectivity index (χ0) is 22.7. The third-order valence-electron chi connectivity index (χ3n) is 5.04. The van der Waals surface area contributed by atoms with Gasteiger partial charge in [-0.05, 0) is 67.4 Å². The molecule has 0 atom stereocenters. The van der Waals surface area contributed by atoms with Gasteiger partial charge in [0.1, 0.15) is 0 Å². The summed E-state index contributed by atoms with van der Waals surface area (Å²) in [6.45, 7) is 0. The fraction of sp³-hybridized carbons (Fsp3) is 0.125. The molecule has 1 aliphatic rings. The van der Waals surface area contributed by atoms with Crippen molar-refractivity contribution in [3.05, 3.63) is 82.9 Å². The Morgan fingerprint density at radius 3 is 2.19 bits per heavy atom. The lowest BCUT2D eigenvalue weighted by Crippen LogP contribution is -2.16. The summed E-state index contributed by atoms with van der Waals surface area (Å²) in [4.78, 5) is 37.0. The maximum atomic E-state index is 12.7. The number of hydrogen-bond donors (Lipinski definition) is 4. The molecule has 0 aliphatic heterocycles. The van der Waals surface area contributed by atoms with Gasteiger partial charge in [0, 0.05) is 22.9 Å². The summed E-state index contributed by atoms with van der Waals surface area (Å²) in [6, 6.07) is 18.1. The van der Waals surface area contributed by atoms with Crippen LogP contribution < -0.4 is 21.7 Å². The smallest absolute Gasteiger partial charge is 0.257 e. The van der Waals surface area contributed by atoms with E-state index in [2.05, 4.69) is 16.0 Å². The highest BCUT2D eigenvalue weighted by atomic mass is 35.5. The van der Waals surface area contributed by atoms with E-state index in [0.717, 1.165) is 12.8 Å². The summed E-state index contributed by atoms with van der Waals surface area (Å²) < 4.78 is 0. The summed E-state index contributed by atoms with van der Waals surface area (Å²) in [5.74, 6) is -0.666. The van der Waals surface area contributed by atoms with Crippen LogP contribution in [0.3, 0.4) is 0 Å². The molecular formula is C24H21ClN4O3. The molecule has 0 bridgehead atoms. The Hall–Kier alpha value is -3.84. The van der Waals surface area contributed by atoms with Crippen LogP contribution in [0.15, 0.2) is 66.7 Å². The second kappa shape index (κ2) is 9.11. The van der Waals surface area contributed by atoms with Crippen LogP contribution in [0.2, 0.25) is 5.02 Å². The fourth-order valence-electron chi connectivity index (χ4n) is 3.08. The van der Waals surface area contributed by atoms with Gasteiger partial charge in [0.15, 0.2) is 0 Å². The monoisotopic (exact) mass is 448 g/mol. The third kappa shape index (κ3) is 5.07. The van der Waals surface area contributed by atoms with E-state index in [1.807, 2.05) is 0 Å². The van der Waals surface area contributed by atoms with Crippen LogP contribution in [-0.4, -0.2) is 17.7 Å². The SMILES string of the molecule is Nc1ccc(NC(=O)C2CC2)cc1NC(=O)c1ccc(NC(=O)c2ccccc2Cl)cc1. The number of nitrogens with one attached hydrogen (secondary N) is 3.